The Morgan fingerprint density at radius 1 is 0.941 bits per heavy atom. The van der Waals surface area contributed by atoms with Crippen molar-refractivity contribution in [2.24, 2.45) is 0 Å². The summed E-state index contributed by atoms with van der Waals surface area (Å²) in [6, 6.07) is 0. The maximum absolute atomic E-state index is 13.1. The van der Waals surface area contributed by atoms with E-state index in [9.17, 15) is 26.7 Å². The molecule has 8 heteroatoms. The molecule has 0 aliphatic rings. The highest BCUT2D eigenvalue weighted by molar-refractivity contribution is 9.09. The Balaban J connectivity index is 3.29. The highest BCUT2D eigenvalue weighted by atomic mass is 79.9. The molecule has 94 valence electrons. The second kappa shape index (κ2) is 5.44. The minimum absolute atomic E-state index is 0.0155. The van der Waals surface area contributed by atoms with Gasteiger partial charge in [0.1, 0.15) is 5.56 Å². The van der Waals surface area contributed by atoms with E-state index in [0.717, 1.165) is 0 Å². The van der Waals surface area contributed by atoms with Gasteiger partial charge in [0.05, 0.1) is 0 Å². The van der Waals surface area contributed by atoms with E-state index in [0.29, 0.717) is 0 Å². The van der Waals surface area contributed by atoms with Crippen LogP contribution in [0, 0.1) is 29.1 Å². The number of hydrogen-bond acceptors (Lipinski definition) is 1. The van der Waals surface area contributed by atoms with Gasteiger partial charge in [-0.15, -0.1) is 0 Å². The Hall–Kier alpha value is -1.18. The molecule has 0 radical (unpaired) electrons. The van der Waals surface area contributed by atoms with E-state index in [-0.39, 0.29) is 11.9 Å². The van der Waals surface area contributed by atoms with Crippen molar-refractivity contribution in [1.29, 1.82) is 0 Å². The molecule has 0 atom stereocenters. The Kier molecular flexibility index (Phi) is 4.44. The molecule has 1 amide bonds. The number of nitrogens with one attached hydrogen (secondary N) is 1. The van der Waals surface area contributed by atoms with Gasteiger partial charge in [0.15, 0.2) is 23.3 Å². The molecule has 0 unspecified atom stereocenters. The van der Waals surface area contributed by atoms with Crippen LogP contribution in [-0.2, 0) is 0 Å². The van der Waals surface area contributed by atoms with E-state index in [1.807, 2.05) is 5.32 Å². The lowest BCUT2D eigenvalue weighted by molar-refractivity contribution is 0.0944. The van der Waals surface area contributed by atoms with E-state index < -0.39 is 40.6 Å². The zero-order chi connectivity index (χ0) is 13.2. The third-order valence-electron chi connectivity index (χ3n) is 1.82. The molecule has 0 fully saturated rings. The standard InChI is InChI=1S/C9H5BrF5NO/c10-1-2-16-9(17)3-4(11)6(13)8(15)7(14)5(3)12/h1-2H2,(H,16,17). The molecule has 0 aliphatic carbocycles. The number of hydrogen-bond donors (Lipinski definition) is 1. The average Bonchev–Trinajstić information content (AvgIpc) is 2.31. The van der Waals surface area contributed by atoms with Gasteiger partial charge in [-0.05, 0) is 0 Å². The maximum Gasteiger partial charge on any atom is 0.257 e. The summed E-state index contributed by atoms with van der Waals surface area (Å²) in [6.07, 6.45) is 0. The number of benzene rings is 1. The summed E-state index contributed by atoms with van der Waals surface area (Å²) in [5, 5.41) is 2.25. The predicted octanol–water partition coefficient (Wildman–Crippen LogP) is 2.51. The normalized spacial score (nSPS) is 10.5. The molecule has 0 spiro atoms. The topological polar surface area (TPSA) is 29.1 Å². The molecule has 2 nitrogen and oxygen atoms in total. The summed E-state index contributed by atoms with van der Waals surface area (Å²) in [6.45, 7) is -0.0155. The molecule has 17 heavy (non-hydrogen) atoms. The van der Waals surface area contributed by atoms with Crippen LogP contribution in [0.5, 0.6) is 0 Å². The molecular formula is C9H5BrF5NO. The second-order valence-corrected chi connectivity index (χ2v) is 3.68. The highest BCUT2D eigenvalue weighted by Gasteiger charge is 2.29. The van der Waals surface area contributed by atoms with E-state index in [1.54, 1.807) is 0 Å². The Morgan fingerprint density at radius 2 is 1.35 bits per heavy atom. The van der Waals surface area contributed by atoms with E-state index in [4.69, 9.17) is 0 Å². The third kappa shape index (κ3) is 2.56. The van der Waals surface area contributed by atoms with Crippen molar-refractivity contribution in [1.82, 2.24) is 5.32 Å². The zero-order valence-corrected chi connectivity index (χ0v) is 9.68. The molecule has 0 saturated heterocycles. The fourth-order valence-corrected chi connectivity index (χ4v) is 1.25. The third-order valence-corrected chi connectivity index (χ3v) is 2.21. The first kappa shape index (κ1) is 13.9. The van der Waals surface area contributed by atoms with E-state index in [1.165, 1.54) is 0 Å². The van der Waals surface area contributed by atoms with Crippen LogP contribution in [0.1, 0.15) is 10.4 Å². The van der Waals surface area contributed by atoms with Gasteiger partial charge in [0.2, 0.25) is 5.82 Å². The van der Waals surface area contributed by atoms with Crippen LogP contribution in [0.25, 0.3) is 0 Å². The molecule has 0 heterocycles. The predicted molar refractivity (Wildman–Crippen MR) is 52.4 cm³/mol. The molecule has 1 rings (SSSR count). The summed E-state index contributed by atoms with van der Waals surface area (Å²) in [5.41, 5.74) is -1.48. The summed E-state index contributed by atoms with van der Waals surface area (Å²) >= 11 is 2.92. The van der Waals surface area contributed by atoms with Gasteiger partial charge in [-0.1, -0.05) is 15.9 Å². The van der Waals surface area contributed by atoms with Crippen molar-refractivity contribution in [3.05, 3.63) is 34.6 Å². The Labute approximate surface area is 101 Å². The first-order valence-electron chi connectivity index (χ1n) is 4.27. The molecule has 0 aliphatic heterocycles. The van der Waals surface area contributed by atoms with Crippen molar-refractivity contribution >= 4 is 21.8 Å². The van der Waals surface area contributed by atoms with Gasteiger partial charge in [-0.2, -0.15) is 0 Å². The second-order valence-electron chi connectivity index (χ2n) is 2.89. The molecule has 1 aromatic rings. The largest absolute Gasteiger partial charge is 0.351 e. The lowest BCUT2D eigenvalue weighted by Gasteiger charge is -2.07. The summed E-state index contributed by atoms with van der Waals surface area (Å²) in [4.78, 5) is 11.2. The quantitative estimate of drug-likeness (QED) is 0.395. The van der Waals surface area contributed by atoms with E-state index >= 15 is 0 Å². The number of carbonyl (C=O) groups is 1. The lowest BCUT2D eigenvalue weighted by atomic mass is 10.1. The molecule has 1 N–H and O–H groups in total. The van der Waals surface area contributed by atoms with Crippen molar-refractivity contribution in [3.63, 3.8) is 0 Å². The maximum atomic E-state index is 13.1. The number of amides is 1. The minimum atomic E-state index is -2.29. The van der Waals surface area contributed by atoms with Crippen molar-refractivity contribution in [2.75, 3.05) is 11.9 Å². The fourth-order valence-electron chi connectivity index (χ4n) is 1.05. The van der Waals surface area contributed by atoms with Gasteiger partial charge in [-0.25, -0.2) is 22.0 Å². The highest BCUT2D eigenvalue weighted by Crippen LogP contribution is 2.22. The summed E-state index contributed by atoms with van der Waals surface area (Å²) < 4.78 is 64.3. The first-order valence-corrected chi connectivity index (χ1v) is 5.39. The number of rotatable bonds is 3. The van der Waals surface area contributed by atoms with Crippen molar-refractivity contribution in [2.45, 2.75) is 0 Å². The van der Waals surface area contributed by atoms with Crippen LogP contribution in [0.15, 0.2) is 0 Å². The SMILES string of the molecule is O=C(NCCBr)c1c(F)c(F)c(F)c(F)c1F. The summed E-state index contributed by atoms with van der Waals surface area (Å²) in [7, 11) is 0. The minimum Gasteiger partial charge on any atom is -0.351 e. The van der Waals surface area contributed by atoms with Crippen LogP contribution in [0.4, 0.5) is 22.0 Å². The Morgan fingerprint density at radius 3 is 1.76 bits per heavy atom. The van der Waals surface area contributed by atoms with Gasteiger partial charge >= 0.3 is 0 Å². The molecule has 0 aromatic heterocycles. The molecule has 0 saturated carbocycles. The number of alkyl halides is 1. The van der Waals surface area contributed by atoms with Crippen LogP contribution < -0.4 is 5.32 Å². The van der Waals surface area contributed by atoms with Crippen LogP contribution >= 0.6 is 15.9 Å². The van der Waals surface area contributed by atoms with Crippen molar-refractivity contribution in [3.8, 4) is 0 Å². The van der Waals surface area contributed by atoms with Crippen LogP contribution in [0.2, 0.25) is 0 Å². The number of carbonyl (C=O) groups excluding carboxylic acids is 1. The Bertz CT molecular complexity index is 436. The van der Waals surface area contributed by atoms with Gasteiger partial charge in [0, 0.05) is 11.9 Å². The van der Waals surface area contributed by atoms with Crippen LogP contribution in [0.3, 0.4) is 0 Å². The number of halogens is 6. The molecule has 1 aromatic carbocycles. The average molecular weight is 318 g/mol. The smallest absolute Gasteiger partial charge is 0.257 e. The van der Waals surface area contributed by atoms with Crippen LogP contribution in [-0.4, -0.2) is 17.8 Å². The first-order chi connectivity index (χ1) is 7.91. The zero-order valence-electron chi connectivity index (χ0n) is 8.09. The van der Waals surface area contributed by atoms with Gasteiger partial charge < -0.3 is 5.32 Å². The monoisotopic (exact) mass is 317 g/mol. The molecule has 0 bridgehead atoms. The van der Waals surface area contributed by atoms with Gasteiger partial charge in [0.25, 0.3) is 5.91 Å². The van der Waals surface area contributed by atoms with Gasteiger partial charge in [-0.3, -0.25) is 4.79 Å². The van der Waals surface area contributed by atoms with Crippen molar-refractivity contribution < 1.29 is 26.7 Å². The fraction of sp³-hybridized carbons (Fsp3) is 0.222. The molecular weight excluding hydrogens is 313 g/mol. The lowest BCUT2D eigenvalue weighted by Crippen LogP contribution is -2.28. The van der Waals surface area contributed by atoms with E-state index in [2.05, 4.69) is 15.9 Å². The summed E-state index contributed by atoms with van der Waals surface area (Å²) in [5.74, 6) is -12.2.